The number of methoxy groups -OCH3 is 1. The molecular weight excluding hydrogens is 250 g/mol. The zero-order chi connectivity index (χ0) is 14.2. The number of nitrogens with two attached hydrogens (primary N) is 1. The first-order valence-electron chi connectivity index (χ1n) is 6.55. The van der Waals surface area contributed by atoms with E-state index in [0.717, 1.165) is 22.6 Å². The summed E-state index contributed by atoms with van der Waals surface area (Å²) < 4.78 is 11.2. The number of rotatable bonds is 6. The number of ether oxygens (including phenoxy) is 2. The van der Waals surface area contributed by atoms with Gasteiger partial charge in [0.05, 0.1) is 7.11 Å². The summed E-state index contributed by atoms with van der Waals surface area (Å²) in [6.07, 6.45) is 3.87. The summed E-state index contributed by atoms with van der Waals surface area (Å²) >= 11 is 0. The van der Waals surface area contributed by atoms with E-state index >= 15 is 0 Å². The van der Waals surface area contributed by atoms with E-state index in [1.165, 1.54) is 0 Å². The Labute approximate surface area is 119 Å². The molecule has 0 radical (unpaired) electrons. The van der Waals surface area contributed by atoms with Gasteiger partial charge >= 0.3 is 0 Å². The summed E-state index contributed by atoms with van der Waals surface area (Å²) in [5.74, 6) is 1.46. The molecule has 0 saturated heterocycles. The average Bonchev–Trinajstić information content (AvgIpc) is 2.52. The van der Waals surface area contributed by atoms with Gasteiger partial charge in [0.15, 0.2) is 11.5 Å². The Morgan fingerprint density at radius 1 is 1.05 bits per heavy atom. The lowest BCUT2D eigenvalue weighted by atomic mass is 10.2. The number of benzene rings is 2. The van der Waals surface area contributed by atoms with Crippen molar-refractivity contribution in [1.29, 1.82) is 0 Å². The number of hydrogen-bond donors (Lipinski definition) is 1. The largest absolute Gasteiger partial charge is 0.493 e. The predicted molar refractivity (Wildman–Crippen MR) is 81.9 cm³/mol. The Morgan fingerprint density at radius 3 is 2.55 bits per heavy atom. The predicted octanol–water partition coefficient (Wildman–Crippen LogP) is 3.25. The first-order chi connectivity index (χ1) is 9.83. The van der Waals surface area contributed by atoms with Crippen molar-refractivity contribution in [2.24, 2.45) is 5.73 Å². The summed E-state index contributed by atoms with van der Waals surface area (Å²) in [6.45, 7) is 1.04. The molecule has 0 aliphatic rings. The van der Waals surface area contributed by atoms with Crippen molar-refractivity contribution < 1.29 is 9.47 Å². The van der Waals surface area contributed by atoms with Gasteiger partial charge in [0, 0.05) is 6.54 Å². The Bertz CT molecular complexity index is 564. The molecule has 20 heavy (non-hydrogen) atoms. The molecule has 0 saturated carbocycles. The quantitative estimate of drug-likeness (QED) is 0.875. The van der Waals surface area contributed by atoms with Crippen molar-refractivity contribution >= 4 is 6.08 Å². The summed E-state index contributed by atoms with van der Waals surface area (Å²) in [6, 6.07) is 15.9. The van der Waals surface area contributed by atoms with E-state index in [1.807, 2.05) is 60.7 Å². The van der Waals surface area contributed by atoms with Gasteiger partial charge in [-0.3, -0.25) is 0 Å². The molecule has 0 bridgehead atoms. The molecule has 0 spiro atoms. The molecule has 0 unspecified atom stereocenters. The van der Waals surface area contributed by atoms with Gasteiger partial charge in [0.1, 0.15) is 6.61 Å². The molecule has 3 heteroatoms. The highest BCUT2D eigenvalue weighted by Gasteiger charge is 2.05. The first-order valence-corrected chi connectivity index (χ1v) is 6.55. The van der Waals surface area contributed by atoms with Gasteiger partial charge in [-0.2, -0.15) is 0 Å². The summed E-state index contributed by atoms with van der Waals surface area (Å²) in [5, 5.41) is 0. The van der Waals surface area contributed by atoms with Crippen LogP contribution in [0.4, 0.5) is 0 Å². The van der Waals surface area contributed by atoms with Crippen LogP contribution in [-0.4, -0.2) is 13.7 Å². The minimum atomic E-state index is 0.515. The van der Waals surface area contributed by atoms with Crippen LogP contribution in [0, 0.1) is 0 Å². The summed E-state index contributed by atoms with van der Waals surface area (Å²) in [7, 11) is 1.64. The van der Waals surface area contributed by atoms with E-state index in [0.29, 0.717) is 13.2 Å². The molecule has 2 N–H and O–H groups in total. The molecule has 2 rings (SSSR count). The number of hydrogen-bond acceptors (Lipinski definition) is 3. The molecule has 2 aromatic carbocycles. The van der Waals surface area contributed by atoms with E-state index in [-0.39, 0.29) is 0 Å². The highest BCUT2D eigenvalue weighted by atomic mass is 16.5. The topological polar surface area (TPSA) is 44.5 Å². The monoisotopic (exact) mass is 269 g/mol. The SMILES string of the molecule is COc1ccc(C=CCN)cc1OCc1ccccc1. The maximum absolute atomic E-state index is 5.84. The minimum absolute atomic E-state index is 0.515. The van der Waals surface area contributed by atoms with Crippen LogP contribution in [0.15, 0.2) is 54.6 Å². The van der Waals surface area contributed by atoms with E-state index in [2.05, 4.69) is 0 Å². The third-order valence-electron chi connectivity index (χ3n) is 2.87. The minimum Gasteiger partial charge on any atom is -0.493 e. The smallest absolute Gasteiger partial charge is 0.162 e. The second kappa shape index (κ2) is 7.36. The Hall–Kier alpha value is -2.26. The van der Waals surface area contributed by atoms with Crippen molar-refractivity contribution in [2.45, 2.75) is 6.61 Å². The van der Waals surface area contributed by atoms with Gasteiger partial charge in [-0.15, -0.1) is 0 Å². The summed E-state index contributed by atoms with van der Waals surface area (Å²) in [4.78, 5) is 0. The normalized spacial score (nSPS) is 10.7. The Kier molecular flexibility index (Phi) is 5.21. The van der Waals surface area contributed by atoms with Gasteiger partial charge in [-0.25, -0.2) is 0 Å². The van der Waals surface area contributed by atoms with E-state index < -0.39 is 0 Å². The van der Waals surface area contributed by atoms with Crippen LogP contribution in [0.3, 0.4) is 0 Å². The highest BCUT2D eigenvalue weighted by Crippen LogP contribution is 2.29. The zero-order valence-electron chi connectivity index (χ0n) is 11.6. The average molecular weight is 269 g/mol. The van der Waals surface area contributed by atoms with Crippen molar-refractivity contribution in [1.82, 2.24) is 0 Å². The second-order valence-corrected chi connectivity index (χ2v) is 4.32. The van der Waals surface area contributed by atoms with E-state index in [4.69, 9.17) is 15.2 Å². The van der Waals surface area contributed by atoms with Crippen molar-refractivity contribution in [3.05, 3.63) is 65.7 Å². The van der Waals surface area contributed by atoms with Gasteiger partial charge in [-0.1, -0.05) is 48.6 Å². The Balaban J connectivity index is 2.14. The van der Waals surface area contributed by atoms with Crippen molar-refractivity contribution in [3.8, 4) is 11.5 Å². The fraction of sp³-hybridized carbons (Fsp3) is 0.176. The zero-order valence-corrected chi connectivity index (χ0v) is 11.6. The summed E-state index contributed by atoms with van der Waals surface area (Å²) in [5.41, 5.74) is 7.63. The first kappa shape index (κ1) is 14.2. The van der Waals surface area contributed by atoms with Crippen LogP contribution in [-0.2, 0) is 6.61 Å². The van der Waals surface area contributed by atoms with Gasteiger partial charge in [0.25, 0.3) is 0 Å². The van der Waals surface area contributed by atoms with Gasteiger partial charge < -0.3 is 15.2 Å². The molecule has 0 aliphatic carbocycles. The standard InChI is InChI=1S/C17H19NO2/c1-19-16-10-9-14(8-5-11-18)12-17(16)20-13-15-6-3-2-4-7-15/h2-10,12H,11,13,18H2,1H3. The fourth-order valence-electron chi connectivity index (χ4n) is 1.85. The molecule has 0 amide bonds. The molecule has 0 heterocycles. The van der Waals surface area contributed by atoms with E-state index in [9.17, 15) is 0 Å². The molecular formula is C17H19NO2. The third kappa shape index (κ3) is 3.87. The van der Waals surface area contributed by atoms with Crippen LogP contribution in [0.1, 0.15) is 11.1 Å². The Morgan fingerprint density at radius 2 is 1.85 bits per heavy atom. The van der Waals surface area contributed by atoms with Crippen LogP contribution in [0.25, 0.3) is 6.08 Å². The fourth-order valence-corrected chi connectivity index (χ4v) is 1.85. The van der Waals surface area contributed by atoms with Gasteiger partial charge in [-0.05, 0) is 23.3 Å². The van der Waals surface area contributed by atoms with Crippen molar-refractivity contribution in [2.75, 3.05) is 13.7 Å². The van der Waals surface area contributed by atoms with Crippen LogP contribution >= 0.6 is 0 Å². The van der Waals surface area contributed by atoms with Crippen LogP contribution in [0.5, 0.6) is 11.5 Å². The molecule has 0 aromatic heterocycles. The van der Waals surface area contributed by atoms with Crippen LogP contribution in [0.2, 0.25) is 0 Å². The van der Waals surface area contributed by atoms with Gasteiger partial charge in [0.2, 0.25) is 0 Å². The molecule has 0 atom stereocenters. The molecule has 0 aliphatic heterocycles. The highest BCUT2D eigenvalue weighted by molar-refractivity contribution is 5.56. The maximum Gasteiger partial charge on any atom is 0.162 e. The van der Waals surface area contributed by atoms with Crippen LogP contribution < -0.4 is 15.2 Å². The molecule has 0 fully saturated rings. The molecule has 104 valence electrons. The second-order valence-electron chi connectivity index (χ2n) is 4.32. The lowest BCUT2D eigenvalue weighted by molar-refractivity contribution is 0.284. The molecule has 2 aromatic rings. The van der Waals surface area contributed by atoms with Crippen molar-refractivity contribution in [3.63, 3.8) is 0 Å². The lowest BCUT2D eigenvalue weighted by Crippen LogP contribution is -1.98. The lowest BCUT2D eigenvalue weighted by Gasteiger charge is -2.11. The van der Waals surface area contributed by atoms with E-state index in [1.54, 1.807) is 7.11 Å². The third-order valence-corrected chi connectivity index (χ3v) is 2.87. The molecule has 3 nitrogen and oxygen atoms in total. The maximum atomic E-state index is 5.84.